The number of nitrogens with zero attached hydrogens (tertiary/aromatic N) is 4. The van der Waals surface area contributed by atoms with E-state index in [1.807, 2.05) is 74.8 Å². The minimum absolute atomic E-state index is 0.0244. The third-order valence-corrected chi connectivity index (χ3v) is 10.4. The quantitative estimate of drug-likeness (QED) is 0.144. The van der Waals surface area contributed by atoms with Crippen molar-refractivity contribution in [1.82, 2.24) is 30.2 Å². The number of piperidine rings is 1. The highest BCUT2D eigenvalue weighted by molar-refractivity contribution is 6.04. The van der Waals surface area contributed by atoms with Crippen molar-refractivity contribution in [1.29, 1.82) is 0 Å². The maximum Gasteiger partial charge on any atom is 0.270 e. The Hall–Kier alpha value is -6.71. The predicted molar refractivity (Wildman–Crippen MR) is 214 cm³/mol. The summed E-state index contributed by atoms with van der Waals surface area (Å²) in [6.07, 6.45) is 5.96. The van der Waals surface area contributed by atoms with E-state index in [0.29, 0.717) is 42.1 Å². The van der Waals surface area contributed by atoms with Gasteiger partial charge in [0.25, 0.3) is 11.5 Å². The average molecular weight is 746 g/mol. The Morgan fingerprint density at radius 1 is 0.946 bits per heavy atom. The van der Waals surface area contributed by atoms with Crippen molar-refractivity contribution >= 4 is 45.1 Å². The number of ether oxygens (including phenoxy) is 1. The SMILES string of the molecule is Cc1cc2c(-c3cccc4cc(-c5ccc(C(=O)NCC#Cc6cccc(NC7CCC(=O)NC7=O)c6)nc5)ncc34)nc(C3CCOCC3)cc2n(C)c1=O. The van der Waals surface area contributed by atoms with Gasteiger partial charge in [-0.15, -0.1) is 0 Å². The fraction of sp³-hybridized carbons (Fsp3) is 0.250. The zero-order chi connectivity index (χ0) is 38.8. The van der Waals surface area contributed by atoms with Crippen molar-refractivity contribution in [2.75, 3.05) is 25.1 Å². The van der Waals surface area contributed by atoms with E-state index in [1.54, 1.807) is 16.8 Å². The molecule has 12 nitrogen and oxygen atoms in total. The highest BCUT2D eigenvalue weighted by Crippen LogP contribution is 2.36. The highest BCUT2D eigenvalue weighted by Gasteiger charge is 2.26. The van der Waals surface area contributed by atoms with Gasteiger partial charge in [-0.2, -0.15) is 0 Å². The van der Waals surface area contributed by atoms with E-state index in [4.69, 9.17) is 14.7 Å². The lowest BCUT2D eigenvalue weighted by Crippen LogP contribution is -2.47. The summed E-state index contributed by atoms with van der Waals surface area (Å²) in [4.78, 5) is 63.9. The molecule has 0 aliphatic carbocycles. The van der Waals surface area contributed by atoms with Crippen LogP contribution in [0.2, 0.25) is 0 Å². The number of rotatable bonds is 7. The number of imide groups is 1. The molecule has 56 heavy (non-hydrogen) atoms. The Morgan fingerprint density at radius 3 is 2.59 bits per heavy atom. The van der Waals surface area contributed by atoms with Gasteiger partial charge in [-0.05, 0) is 80.1 Å². The van der Waals surface area contributed by atoms with Crippen LogP contribution in [0.15, 0.2) is 90.0 Å². The second-order valence-electron chi connectivity index (χ2n) is 14.1. The molecule has 6 aromatic rings. The predicted octanol–water partition coefficient (Wildman–Crippen LogP) is 5.41. The number of anilines is 1. The fourth-order valence-electron chi connectivity index (χ4n) is 7.34. The molecule has 0 bridgehead atoms. The van der Waals surface area contributed by atoms with Gasteiger partial charge in [0, 0.05) is 89.4 Å². The minimum Gasteiger partial charge on any atom is -0.381 e. The molecule has 1 unspecified atom stereocenters. The van der Waals surface area contributed by atoms with Gasteiger partial charge in [0.15, 0.2) is 0 Å². The molecule has 3 amide bonds. The van der Waals surface area contributed by atoms with Crippen molar-refractivity contribution in [3.05, 3.63) is 118 Å². The normalized spacial score (nSPS) is 15.9. The summed E-state index contributed by atoms with van der Waals surface area (Å²) >= 11 is 0. The van der Waals surface area contributed by atoms with Gasteiger partial charge >= 0.3 is 0 Å². The van der Waals surface area contributed by atoms with Crippen LogP contribution in [0.1, 0.15) is 58.9 Å². The van der Waals surface area contributed by atoms with Crippen LogP contribution in [-0.4, -0.2) is 63.0 Å². The van der Waals surface area contributed by atoms with Crippen molar-refractivity contribution < 1.29 is 19.1 Å². The first kappa shape index (κ1) is 36.3. The standard InChI is InChI=1S/C44H39N7O5/c1-26-20-33-39(51(2)44(26)55)23-38(28-15-18-56-19-16-28)49-41(33)32-10-4-8-29-22-37(47-25-34(29)32)30-11-12-35(46-24-30)42(53)45-17-5-7-27-6-3-9-31(21-27)48-36-13-14-40(52)50-43(36)54/h3-4,6,8-12,20-25,28,36,48H,13-19H2,1-2H3,(H,45,53)(H,50,52,54). The second-order valence-corrected chi connectivity index (χ2v) is 14.1. The largest absolute Gasteiger partial charge is 0.381 e. The van der Waals surface area contributed by atoms with Gasteiger partial charge in [-0.25, -0.2) is 0 Å². The maximum absolute atomic E-state index is 13.0. The molecule has 2 fully saturated rings. The Balaban J connectivity index is 0.980. The van der Waals surface area contributed by atoms with Crippen LogP contribution in [0, 0.1) is 18.8 Å². The number of nitrogens with one attached hydrogen (secondary N) is 3. The minimum atomic E-state index is -0.489. The third kappa shape index (κ3) is 7.49. The van der Waals surface area contributed by atoms with E-state index in [-0.39, 0.29) is 47.9 Å². The van der Waals surface area contributed by atoms with Gasteiger partial charge in [-0.3, -0.25) is 39.4 Å². The van der Waals surface area contributed by atoms with Crippen molar-refractivity contribution in [3.8, 4) is 34.4 Å². The Labute approximate surface area is 322 Å². The number of carbonyl (C=O) groups excluding carboxylic acids is 3. The number of carbonyl (C=O) groups is 3. The molecule has 2 aliphatic heterocycles. The first-order chi connectivity index (χ1) is 27.2. The number of amides is 3. The monoisotopic (exact) mass is 745 g/mol. The lowest BCUT2D eigenvalue weighted by Gasteiger charge is -2.23. The van der Waals surface area contributed by atoms with Crippen LogP contribution in [-0.2, 0) is 21.4 Å². The number of hydrogen-bond acceptors (Lipinski definition) is 9. The number of benzene rings is 2. The number of hydrogen-bond donors (Lipinski definition) is 3. The lowest BCUT2D eigenvalue weighted by atomic mass is 9.93. The zero-order valence-corrected chi connectivity index (χ0v) is 31.0. The summed E-state index contributed by atoms with van der Waals surface area (Å²) < 4.78 is 7.35. The summed E-state index contributed by atoms with van der Waals surface area (Å²) in [5.41, 5.74) is 7.34. The summed E-state index contributed by atoms with van der Waals surface area (Å²) in [6.45, 7) is 3.32. The Kier molecular flexibility index (Phi) is 10.1. The van der Waals surface area contributed by atoms with Crippen LogP contribution in [0.25, 0.3) is 44.2 Å². The van der Waals surface area contributed by atoms with Gasteiger partial charge in [0.05, 0.1) is 23.4 Å². The first-order valence-corrected chi connectivity index (χ1v) is 18.6. The van der Waals surface area contributed by atoms with Crippen LogP contribution in [0.5, 0.6) is 0 Å². The Morgan fingerprint density at radius 2 is 1.79 bits per heavy atom. The first-order valence-electron chi connectivity index (χ1n) is 18.6. The molecule has 2 aromatic carbocycles. The Bertz CT molecular complexity index is 2650. The highest BCUT2D eigenvalue weighted by atomic mass is 16.5. The van der Waals surface area contributed by atoms with E-state index in [1.165, 1.54) is 0 Å². The fourth-order valence-corrected chi connectivity index (χ4v) is 7.34. The smallest absolute Gasteiger partial charge is 0.270 e. The molecule has 0 spiro atoms. The number of pyridine rings is 4. The van der Waals surface area contributed by atoms with Crippen LogP contribution < -0.4 is 21.5 Å². The molecule has 6 heterocycles. The van der Waals surface area contributed by atoms with Crippen molar-refractivity contribution in [2.24, 2.45) is 7.05 Å². The average Bonchev–Trinajstić information content (AvgIpc) is 3.22. The zero-order valence-electron chi connectivity index (χ0n) is 31.0. The summed E-state index contributed by atoms with van der Waals surface area (Å²) in [5.74, 6) is 5.27. The third-order valence-electron chi connectivity index (χ3n) is 10.4. The molecule has 280 valence electrons. The topological polar surface area (TPSA) is 157 Å². The van der Waals surface area contributed by atoms with Crippen molar-refractivity contribution in [2.45, 2.75) is 44.6 Å². The molecule has 1 atom stereocenters. The molecule has 12 heteroatoms. The number of aryl methyl sites for hydroxylation is 2. The van der Waals surface area contributed by atoms with Gasteiger partial charge in [0.1, 0.15) is 11.7 Å². The van der Waals surface area contributed by atoms with Crippen LogP contribution in [0.4, 0.5) is 5.69 Å². The van der Waals surface area contributed by atoms with E-state index in [0.717, 1.165) is 57.0 Å². The molecule has 8 rings (SSSR count). The molecule has 2 aliphatic rings. The summed E-state index contributed by atoms with van der Waals surface area (Å²) in [6, 6.07) is 22.4. The summed E-state index contributed by atoms with van der Waals surface area (Å²) in [5, 5.41) is 11.1. The van der Waals surface area contributed by atoms with Gasteiger partial charge in [0.2, 0.25) is 11.8 Å². The van der Waals surface area contributed by atoms with Crippen molar-refractivity contribution in [3.63, 3.8) is 0 Å². The van der Waals surface area contributed by atoms with E-state index < -0.39 is 6.04 Å². The van der Waals surface area contributed by atoms with Crippen LogP contribution in [0.3, 0.4) is 0 Å². The molecular weight excluding hydrogens is 707 g/mol. The molecule has 2 saturated heterocycles. The molecular formula is C44H39N7O5. The van der Waals surface area contributed by atoms with Gasteiger partial charge < -0.3 is 19.9 Å². The van der Waals surface area contributed by atoms with E-state index in [9.17, 15) is 19.2 Å². The number of aromatic nitrogens is 4. The van der Waals surface area contributed by atoms with E-state index >= 15 is 0 Å². The maximum atomic E-state index is 13.0. The molecule has 4 aromatic heterocycles. The molecule has 3 N–H and O–H groups in total. The molecule has 0 saturated carbocycles. The second kappa shape index (κ2) is 15.6. The van der Waals surface area contributed by atoms with Crippen LogP contribution >= 0.6 is 0 Å². The van der Waals surface area contributed by atoms with E-state index in [2.05, 4.69) is 44.9 Å². The molecule has 0 radical (unpaired) electrons. The number of fused-ring (bicyclic) bond motifs is 2. The summed E-state index contributed by atoms with van der Waals surface area (Å²) in [7, 11) is 1.82. The lowest BCUT2D eigenvalue weighted by molar-refractivity contribution is -0.133. The van der Waals surface area contributed by atoms with Gasteiger partial charge in [-0.1, -0.05) is 36.1 Å².